The molecular formula is C18H20N2O5. The lowest BCUT2D eigenvalue weighted by Gasteiger charge is -2.21. The third-order valence-corrected chi connectivity index (χ3v) is 3.93. The molecule has 2 aromatic carbocycles. The van der Waals surface area contributed by atoms with E-state index >= 15 is 0 Å². The molecule has 1 fully saturated rings. The number of carbonyl (C=O) groups excluding carboxylic acids is 1. The standard InChI is InChI=1S/C18H20N2O5/c1-2-24-18(23)11-3-6-13(7-4-11)25-16-10-19-20-17(16)14-8-5-12(21)9-15(14)22/h3-9,16-17,19-22H,2,10H2,1H3. The van der Waals surface area contributed by atoms with E-state index in [4.69, 9.17) is 9.47 Å². The van der Waals surface area contributed by atoms with Gasteiger partial charge >= 0.3 is 5.97 Å². The summed E-state index contributed by atoms with van der Waals surface area (Å²) in [6.45, 7) is 2.62. The zero-order valence-corrected chi connectivity index (χ0v) is 13.7. The Hall–Kier alpha value is -2.77. The summed E-state index contributed by atoms with van der Waals surface area (Å²) in [4.78, 5) is 11.7. The van der Waals surface area contributed by atoms with E-state index in [1.54, 1.807) is 37.3 Å². The van der Waals surface area contributed by atoms with Crippen molar-refractivity contribution in [1.82, 2.24) is 10.9 Å². The van der Waals surface area contributed by atoms with E-state index in [0.717, 1.165) is 0 Å². The molecule has 0 radical (unpaired) electrons. The van der Waals surface area contributed by atoms with Gasteiger partial charge in [0.2, 0.25) is 0 Å². The average Bonchev–Trinajstić information content (AvgIpc) is 3.03. The molecule has 0 aromatic heterocycles. The topological polar surface area (TPSA) is 100 Å². The highest BCUT2D eigenvalue weighted by molar-refractivity contribution is 5.89. The first-order chi connectivity index (χ1) is 12.1. The van der Waals surface area contributed by atoms with Crippen LogP contribution >= 0.6 is 0 Å². The summed E-state index contributed by atoms with van der Waals surface area (Å²) in [6, 6.07) is 10.9. The average molecular weight is 344 g/mol. The van der Waals surface area contributed by atoms with Crippen molar-refractivity contribution in [2.24, 2.45) is 0 Å². The highest BCUT2D eigenvalue weighted by Crippen LogP contribution is 2.32. The Morgan fingerprint density at radius 1 is 1.20 bits per heavy atom. The van der Waals surface area contributed by atoms with Gasteiger partial charge in [0.25, 0.3) is 0 Å². The largest absolute Gasteiger partial charge is 0.508 e. The fourth-order valence-electron chi connectivity index (χ4n) is 2.72. The van der Waals surface area contributed by atoms with Gasteiger partial charge in [-0.25, -0.2) is 10.2 Å². The zero-order valence-electron chi connectivity index (χ0n) is 13.7. The number of carbonyl (C=O) groups is 1. The number of ether oxygens (including phenoxy) is 2. The van der Waals surface area contributed by atoms with E-state index in [1.807, 2.05) is 0 Å². The maximum atomic E-state index is 11.7. The predicted octanol–water partition coefficient (Wildman–Crippen LogP) is 1.87. The molecule has 2 aromatic rings. The van der Waals surface area contributed by atoms with E-state index < -0.39 is 0 Å². The molecule has 1 heterocycles. The molecule has 2 unspecified atom stereocenters. The summed E-state index contributed by atoms with van der Waals surface area (Å²) in [5, 5.41) is 19.5. The molecule has 0 saturated carbocycles. The Kier molecular flexibility index (Phi) is 5.06. The van der Waals surface area contributed by atoms with Crippen molar-refractivity contribution in [3.63, 3.8) is 0 Å². The molecule has 0 amide bonds. The summed E-state index contributed by atoms with van der Waals surface area (Å²) in [5.41, 5.74) is 7.15. The van der Waals surface area contributed by atoms with Gasteiger partial charge in [-0.15, -0.1) is 0 Å². The first kappa shape index (κ1) is 17.1. The Bertz CT molecular complexity index is 748. The van der Waals surface area contributed by atoms with Crippen LogP contribution in [-0.2, 0) is 4.74 Å². The summed E-state index contributed by atoms with van der Waals surface area (Å²) in [7, 11) is 0. The Morgan fingerprint density at radius 2 is 1.96 bits per heavy atom. The van der Waals surface area contributed by atoms with Crippen molar-refractivity contribution in [3.05, 3.63) is 53.6 Å². The van der Waals surface area contributed by atoms with Crippen LogP contribution in [0, 0.1) is 0 Å². The second kappa shape index (κ2) is 7.42. The van der Waals surface area contributed by atoms with E-state index in [2.05, 4.69) is 10.9 Å². The summed E-state index contributed by atoms with van der Waals surface area (Å²) < 4.78 is 10.9. The lowest BCUT2D eigenvalue weighted by atomic mass is 10.0. The van der Waals surface area contributed by atoms with Gasteiger partial charge in [0.1, 0.15) is 23.4 Å². The summed E-state index contributed by atoms with van der Waals surface area (Å²) in [5.74, 6) is 0.226. The molecule has 7 heteroatoms. The number of esters is 1. The number of rotatable bonds is 5. The second-order valence-corrected chi connectivity index (χ2v) is 5.65. The maximum Gasteiger partial charge on any atom is 0.338 e. The molecule has 0 aliphatic carbocycles. The van der Waals surface area contributed by atoms with Crippen molar-refractivity contribution in [2.45, 2.75) is 19.1 Å². The van der Waals surface area contributed by atoms with Crippen LogP contribution in [0.3, 0.4) is 0 Å². The number of aromatic hydroxyl groups is 2. The SMILES string of the molecule is CCOC(=O)c1ccc(OC2CNNC2c2ccc(O)cc2O)cc1. The molecule has 2 atom stereocenters. The second-order valence-electron chi connectivity index (χ2n) is 5.65. The molecule has 0 bridgehead atoms. The maximum absolute atomic E-state index is 11.7. The number of nitrogens with one attached hydrogen (secondary N) is 2. The van der Waals surface area contributed by atoms with Crippen LogP contribution in [0.4, 0.5) is 0 Å². The molecular weight excluding hydrogens is 324 g/mol. The van der Waals surface area contributed by atoms with Crippen LogP contribution in [0.1, 0.15) is 28.9 Å². The third kappa shape index (κ3) is 3.84. The summed E-state index contributed by atoms with van der Waals surface area (Å²) in [6.07, 6.45) is -0.274. The first-order valence-electron chi connectivity index (χ1n) is 8.02. The molecule has 1 saturated heterocycles. The number of hydrazine groups is 1. The van der Waals surface area contributed by atoms with E-state index in [-0.39, 0.29) is 29.6 Å². The van der Waals surface area contributed by atoms with Crippen LogP contribution in [0.2, 0.25) is 0 Å². The van der Waals surface area contributed by atoms with E-state index in [0.29, 0.717) is 30.0 Å². The van der Waals surface area contributed by atoms with Crippen molar-refractivity contribution in [2.75, 3.05) is 13.2 Å². The third-order valence-electron chi connectivity index (χ3n) is 3.93. The van der Waals surface area contributed by atoms with Crippen LogP contribution in [0.25, 0.3) is 0 Å². The molecule has 4 N–H and O–H groups in total. The van der Waals surface area contributed by atoms with Gasteiger partial charge in [-0.2, -0.15) is 0 Å². The number of phenols is 2. The van der Waals surface area contributed by atoms with Gasteiger partial charge in [-0.1, -0.05) is 0 Å². The predicted molar refractivity (Wildman–Crippen MR) is 90.5 cm³/mol. The fraction of sp³-hybridized carbons (Fsp3) is 0.278. The minimum Gasteiger partial charge on any atom is -0.508 e. The molecule has 1 aliphatic heterocycles. The van der Waals surface area contributed by atoms with Crippen LogP contribution in [0.5, 0.6) is 17.2 Å². The molecule has 25 heavy (non-hydrogen) atoms. The monoisotopic (exact) mass is 344 g/mol. The van der Waals surface area contributed by atoms with Crippen molar-refractivity contribution in [3.8, 4) is 17.2 Å². The Labute approximate surface area is 145 Å². The van der Waals surface area contributed by atoms with Crippen molar-refractivity contribution >= 4 is 5.97 Å². The van der Waals surface area contributed by atoms with Crippen molar-refractivity contribution in [1.29, 1.82) is 0 Å². The van der Waals surface area contributed by atoms with Crippen LogP contribution < -0.4 is 15.6 Å². The van der Waals surface area contributed by atoms with Gasteiger partial charge in [0.15, 0.2) is 0 Å². The van der Waals surface area contributed by atoms with Gasteiger partial charge in [0, 0.05) is 18.2 Å². The Balaban J connectivity index is 1.72. The smallest absolute Gasteiger partial charge is 0.338 e. The number of phenolic OH excluding ortho intramolecular Hbond substituents is 2. The quantitative estimate of drug-likeness (QED) is 0.615. The minimum atomic E-state index is -0.370. The molecule has 7 nitrogen and oxygen atoms in total. The minimum absolute atomic E-state index is 0.000714. The van der Waals surface area contributed by atoms with Gasteiger partial charge in [-0.3, -0.25) is 5.43 Å². The lowest BCUT2D eigenvalue weighted by Crippen LogP contribution is -2.28. The zero-order chi connectivity index (χ0) is 17.8. The highest BCUT2D eigenvalue weighted by atomic mass is 16.5. The number of benzene rings is 2. The van der Waals surface area contributed by atoms with E-state index in [9.17, 15) is 15.0 Å². The molecule has 0 spiro atoms. The molecule has 3 rings (SSSR count). The van der Waals surface area contributed by atoms with Crippen LogP contribution in [0.15, 0.2) is 42.5 Å². The van der Waals surface area contributed by atoms with Gasteiger partial charge in [-0.05, 0) is 43.3 Å². The highest BCUT2D eigenvalue weighted by Gasteiger charge is 2.32. The molecule has 132 valence electrons. The normalized spacial score (nSPS) is 19.6. The first-order valence-corrected chi connectivity index (χ1v) is 8.02. The van der Waals surface area contributed by atoms with Gasteiger partial charge < -0.3 is 19.7 Å². The van der Waals surface area contributed by atoms with E-state index in [1.165, 1.54) is 12.1 Å². The van der Waals surface area contributed by atoms with Crippen LogP contribution in [-0.4, -0.2) is 35.4 Å². The Morgan fingerprint density at radius 3 is 2.64 bits per heavy atom. The molecule has 1 aliphatic rings. The lowest BCUT2D eigenvalue weighted by molar-refractivity contribution is 0.0526. The van der Waals surface area contributed by atoms with Crippen molar-refractivity contribution < 1.29 is 24.5 Å². The van der Waals surface area contributed by atoms with Gasteiger partial charge in [0.05, 0.1) is 18.2 Å². The fourth-order valence-corrected chi connectivity index (χ4v) is 2.72. The number of hydrogen-bond donors (Lipinski definition) is 4. The number of hydrogen-bond acceptors (Lipinski definition) is 7. The summed E-state index contributed by atoms with van der Waals surface area (Å²) >= 11 is 0.